The summed E-state index contributed by atoms with van der Waals surface area (Å²) in [5.41, 5.74) is 4.76. The number of nitrogens with one attached hydrogen (secondary N) is 1. The maximum atomic E-state index is 9.90. The molecule has 0 bridgehead atoms. The Bertz CT molecular complexity index is 1120. The van der Waals surface area contributed by atoms with Crippen LogP contribution in [0.5, 0.6) is 0 Å². The second-order valence-corrected chi connectivity index (χ2v) is 7.42. The van der Waals surface area contributed by atoms with E-state index in [0.29, 0.717) is 23.2 Å². The van der Waals surface area contributed by atoms with Crippen molar-refractivity contribution in [2.24, 2.45) is 0 Å². The molecule has 2 aromatic carbocycles. The summed E-state index contributed by atoms with van der Waals surface area (Å²) < 4.78 is 2.04. The molecule has 30 heavy (non-hydrogen) atoms. The van der Waals surface area contributed by atoms with Crippen molar-refractivity contribution < 1.29 is 5.11 Å². The highest BCUT2D eigenvalue weighted by Gasteiger charge is 2.18. The highest BCUT2D eigenvalue weighted by Crippen LogP contribution is 2.33. The fourth-order valence-corrected chi connectivity index (χ4v) is 3.92. The van der Waals surface area contributed by atoms with Crippen LogP contribution in [0.2, 0.25) is 5.15 Å². The molecule has 0 spiro atoms. The maximum Gasteiger partial charge on any atom is 0.180 e. The number of H-pyrrole nitrogens is 1. The largest absolute Gasteiger partial charge is 0.390 e. The van der Waals surface area contributed by atoms with Crippen LogP contribution in [-0.4, -0.2) is 35.3 Å². The molecule has 0 saturated carbocycles. The number of rotatable bonds is 8. The lowest BCUT2D eigenvalue weighted by Crippen LogP contribution is -2.10. The summed E-state index contributed by atoms with van der Waals surface area (Å²) in [5.74, 6) is 1.51. The van der Waals surface area contributed by atoms with E-state index in [4.69, 9.17) is 11.6 Å². The number of nitrogens with zero attached hydrogens (tertiary/aromatic N) is 5. The van der Waals surface area contributed by atoms with Crippen LogP contribution in [0.1, 0.15) is 36.8 Å². The van der Waals surface area contributed by atoms with E-state index in [-0.39, 0.29) is 6.61 Å². The van der Waals surface area contributed by atoms with E-state index in [9.17, 15) is 5.11 Å². The number of aliphatic hydroxyl groups is 1. The van der Waals surface area contributed by atoms with Crippen LogP contribution < -0.4 is 0 Å². The second-order valence-electron chi connectivity index (χ2n) is 7.07. The van der Waals surface area contributed by atoms with E-state index in [2.05, 4.69) is 50.7 Å². The molecule has 7 nitrogen and oxygen atoms in total. The molecule has 154 valence electrons. The van der Waals surface area contributed by atoms with Crippen molar-refractivity contribution in [2.45, 2.75) is 39.3 Å². The van der Waals surface area contributed by atoms with E-state index in [1.54, 1.807) is 0 Å². The molecule has 8 heteroatoms. The van der Waals surface area contributed by atoms with Crippen LogP contribution in [0.4, 0.5) is 0 Å². The van der Waals surface area contributed by atoms with Crippen molar-refractivity contribution in [3.8, 4) is 22.5 Å². The van der Waals surface area contributed by atoms with Gasteiger partial charge in [-0.15, -0.1) is 5.10 Å². The topological polar surface area (TPSA) is 92.5 Å². The Morgan fingerprint density at radius 1 is 1.03 bits per heavy atom. The summed E-state index contributed by atoms with van der Waals surface area (Å²) in [6.07, 6.45) is 2.90. The fraction of sp³-hybridized carbons (Fsp3) is 0.273. The van der Waals surface area contributed by atoms with Crippen LogP contribution in [0.15, 0.2) is 48.5 Å². The van der Waals surface area contributed by atoms with Gasteiger partial charge in [-0.1, -0.05) is 73.5 Å². The third kappa shape index (κ3) is 3.99. The number of hydrogen-bond acceptors (Lipinski definition) is 5. The molecule has 0 saturated heterocycles. The molecule has 0 unspecified atom stereocenters. The zero-order valence-electron chi connectivity index (χ0n) is 16.7. The molecule has 0 radical (unpaired) electrons. The van der Waals surface area contributed by atoms with Crippen molar-refractivity contribution in [2.75, 3.05) is 0 Å². The molecule has 4 rings (SSSR count). The summed E-state index contributed by atoms with van der Waals surface area (Å²) in [4.78, 5) is 4.51. The molecule has 0 fully saturated rings. The van der Waals surface area contributed by atoms with Crippen molar-refractivity contribution in [1.82, 2.24) is 30.2 Å². The first-order chi connectivity index (χ1) is 14.7. The van der Waals surface area contributed by atoms with E-state index in [0.717, 1.165) is 47.3 Å². The molecule has 0 aliphatic rings. The van der Waals surface area contributed by atoms with Crippen molar-refractivity contribution in [3.05, 3.63) is 70.8 Å². The highest BCUT2D eigenvalue weighted by molar-refractivity contribution is 6.30. The number of hydrogen-bond donors (Lipinski definition) is 2. The second kappa shape index (κ2) is 9.19. The molecule has 0 aliphatic heterocycles. The zero-order valence-corrected chi connectivity index (χ0v) is 17.5. The van der Waals surface area contributed by atoms with Crippen LogP contribution >= 0.6 is 11.6 Å². The van der Waals surface area contributed by atoms with Gasteiger partial charge in [0.1, 0.15) is 5.82 Å². The first-order valence-corrected chi connectivity index (χ1v) is 10.4. The van der Waals surface area contributed by atoms with E-state index >= 15 is 0 Å². The lowest BCUT2D eigenvalue weighted by molar-refractivity contribution is 0.271. The highest BCUT2D eigenvalue weighted by atomic mass is 35.5. The number of imidazole rings is 1. The number of unbranched alkanes of at least 4 members (excludes halogenated alkanes) is 1. The van der Waals surface area contributed by atoms with Gasteiger partial charge in [0.05, 0.1) is 12.3 Å². The van der Waals surface area contributed by atoms with Gasteiger partial charge < -0.3 is 9.67 Å². The SMILES string of the molecule is CCCCc1nc(Cl)c(CO)n1Cc1ccccc1-c1ccccc1-c1nnn[nH]1. The smallest absolute Gasteiger partial charge is 0.180 e. The number of aliphatic hydroxyl groups excluding tert-OH is 1. The summed E-state index contributed by atoms with van der Waals surface area (Å²) in [6, 6.07) is 16.2. The number of halogens is 1. The molecule has 0 atom stereocenters. The Morgan fingerprint density at radius 2 is 1.77 bits per heavy atom. The third-order valence-electron chi connectivity index (χ3n) is 5.17. The summed E-state index contributed by atoms with van der Waals surface area (Å²) in [7, 11) is 0. The van der Waals surface area contributed by atoms with Crippen LogP contribution in [0.25, 0.3) is 22.5 Å². The minimum atomic E-state index is -0.152. The van der Waals surface area contributed by atoms with Gasteiger partial charge in [-0.25, -0.2) is 10.1 Å². The van der Waals surface area contributed by atoms with Gasteiger partial charge in [-0.2, -0.15) is 0 Å². The Kier molecular flexibility index (Phi) is 6.21. The minimum absolute atomic E-state index is 0.152. The van der Waals surface area contributed by atoms with E-state index in [1.165, 1.54) is 0 Å². The molecule has 2 N–H and O–H groups in total. The summed E-state index contributed by atoms with van der Waals surface area (Å²) in [6.45, 7) is 2.56. The lowest BCUT2D eigenvalue weighted by Gasteiger charge is -2.16. The summed E-state index contributed by atoms with van der Waals surface area (Å²) >= 11 is 6.33. The van der Waals surface area contributed by atoms with E-state index < -0.39 is 0 Å². The zero-order chi connectivity index (χ0) is 20.9. The number of aromatic nitrogens is 6. The van der Waals surface area contributed by atoms with Gasteiger partial charge >= 0.3 is 0 Å². The van der Waals surface area contributed by atoms with Crippen LogP contribution in [-0.2, 0) is 19.6 Å². The summed E-state index contributed by atoms with van der Waals surface area (Å²) in [5, 5.41) is 24.6. The standard InChI is InChI=1S/C22H23ClN6O/c1-2-3-12-20-24-21(23)19(14-30)29(20)13-15-8-4-5-9-16(15)17-10-6-7-11-18(17)22-25-27-28-26-22/h4-11,30H,2-3,12-14H2,1H3,(H,25,26,27,28). The molecule has 4 aromatic rings. The first-order valence-electron chi connectivity index (χ1n) is 9.99. The fourth-order valence-electron chi connectivity index (χ4n) is 3.66. The Morgan fingerprint density at radius 3 is 2.47 bits per heavy atom. The molecular formula is C22H23ClN6O. The van der Waals surface area contributed by atoms with Gasteiger partial charge in [-0.3, -0.25) is 0 Å². The Labute approximate surface area is 179 Å². The van der Waals surface area contributed by atoms with Gasteiger partial charge in [0.2, 0.25) is 0 Å². The Hall–Kier alpha value is -3.03. The average molecular weight is 423 g/mol. The van der Waals surface area contributed by atoms with Gasteiger partial charge in [0.15, 0.2) is 11.0 Å². The number of aryl methyl sites for hydroxylation is 1. The van der Waals surface area contributed by atoms with Crippen molar-refractivity contribution >= 4 is 11.6 Å². The van der Waals surface area contributed by atoms with Crippen LogP contribution in [0, 0.1) is 0 Å². The predicted octanol–water partition coefficient (Wildman–Crippen LogP) is 4.27. The molecule has 2 aromatic heterocycles. The van der Waals surface area contributed by atoms with Gasteiger partial charge in [0, 0.05) is 18.5 Å². The van der Waals surface area contributed by atoms with Gasteiger partial charge in [0.25, 0.3) is 0 Å². The number of aromatic amines is 1. The van der Waals surface area contributed by atoms with Crippen molar-refractivity contribution in [1.29, 1.82) is 0 Å². The quantitative estimate of drug-likeness (QED) is 0.442. The lowest BCUT2D eigenvalue weighted by atomic mass is 9.95. The Balaban J connectivity index is 1.79. The minimum Gasteiger partial charge on any atom is -0.390 e. The predicted molar refractivity (Wildman–Crippen MR) is 116 cm³/mol. The van der Waals surface area contributed by atoms with E-state index in [1.807, 2.05) is 34.9 Å². The molecule has 0 amide bonds. The first kappa shape index (κ1) is 20.3. The van der Waals surface area contributed by atoms with Crippen molar-refractivity contribution in [3.63, 3.8) is 0 Å². The average Bonchev–Trinajstić information content (AvgIpc) is 3.41. The molecule has 2 heterocycles. The normalized spacial score (nSPS) is 11.2. The molecule has 0 aliphatic carbocycles. The van der Waals surface area contributed by atoms with Crippen LogP contribution in [0.3, 0.4) is 0 Å². The molecular weight excluding hydrogens is 400 g/mol. The van der Waals surface area contributed by atoms with Gasteiger partial charge in [-0.05, 0) is 33.5 Å². The maximum absolute atomic E-state index is 9.90. The monoisotopic (exact) mass is 422 g/mol. The number of tetrazole rings is 1. The number of benzene rings is 2. The third-order valence-corrected chi connectivity index (χ3v) is 5.47.